The van der Waals surface area contributed by atoms with Crippen LogP contribution in [0.3, 0.4) is 0 Å². The highest BCUT2D eigenvalue weighted by Crippen LogP contribution is 2.22. The van der Waals surface area contributed by atoms with Crippen molar-refractivity contribution in [1.82, 2.24) is 9.80 Å². The zero-order valence-electron chi connectivity index (χ0n) is 15.9. The van der Waals surface area contributed by atoms with Gasteiger partial charge in [-0.3, -0.25) is 9.59 Å². The molecule has 0 saturated carbocycles. The van der Waals surface area contributed by atoms with Crippen molar-refractivity contribution in [3.8, 4) is 5.75 Å². The Morgan fingerprint density at radius 3 is 2.30 bits per heavy atom. The molecule has 0 unspecified atom stereocenters. The summed E-state index contributed by atoms with van der Waals surface area (Å²) in [5.41, 5.74) is 2.24. The third kappa shape index (κ3) is 4.89. The lowest BCUT2D eigenvalue weighted by molar-refractivity contribution is -0.132. The van der Waals surface area contributed by atoms with Gasteiger partial charge < -0.3 is 14.5 Å². The second-order valence-corrected chi connectivity index (χ2v) is 7.77. The first kappa shape index (κ1) is 19.4. The van der Waals surface area contributed by atoms with Crippen molar-refractivity contribution < 1.29 is 14.3 Å². The van der Waals surface area contributed by atoms with Crippen LogP contribution in [-0.2, 0) is 4.79 Å². The molecule has 1 aromatic heterocycles. The minimum absolute atomic E-state index is 0.0686. The van der Waals surface area contributed by atoms with Crippen LogP contribution in [0.1, 0.15) is 33.6 Å². The minimum Gasteiger partial charge on any atom is -0.493 e. The largest absolute Gasteiger partial charge is 0.493 e. The predicted octanol–water partition coefficient (Wildman–Crippen LogP) is 3.51. The number of aryl methyl sites for hydroxylation is 2. The molecule has 2 aromatic rings. The fourth-order valence-corrected chi connectivity index (χ4v) is 3.99. The number of ether oxygens (including phenoxy) is 1. The van der Waals surface area contributed by atoms with E-state index in [1.165, 1.54) is 11.3 Å². The summed E-state index contributed by atoms with van der Waals surface area (Å²) in [5, 5.41) is 1.91. The lowest BCUT2D eigenvalue weighted by atomic mass is 10.1. The van der Waals surface area contributed by atoms with Crippen molar-refractivity contribution in [1.29, 1.82) is 0 Å². The first-order valence-electron chi connectivity index (χ1n) is 9.36. The van der Waals surface area contributed by atoms with Gasteiger partial charge in [-0.05, 0) is 42.8 Å². The molecular weight excluding hydrogens is 360 g/mol. The van der Waals surface area contributed by atoms with Crippen LogP contribution < -0.4 is 4.74 Å². The van der Waals surface area contributed by atoms with Gasteiger partial charge in [0.2, 0.25) is 5.91 Å². The quantitative estimate of drug-likeness (QED) is 0.714. The fraction of sp³-hybridized carbons (Fsp3) is 0.429. The molecule has 0 N–H and O–H groups in total. The van der Waals surface area contributed by atoms with Gasteiger partial charge in [-0.2, -0.15) is 0 Å². The minimum atomic E-state index is 0.0686. The molecule has 0 radical (unpaired) electrons. The van der Waals surface area contributed by atoms with Gasteiger partial charge in [-0.1, -0.05) is 24.3 Å². The number of thiophene rings is 1. The van der Waals surface area contributed by atoms with Gasteiger partial charge in [0.1, 0.15) is 5.75 Å². The molecule has 0 atom stereocenters. The fourth-order valence-electron chi connectivity index (χ4n) is 3.30. The molecule has 3 rings (SSSR count). The van der Waals surface area contributed by atoms with E-state index in [9.17, 15) is 9.59 Å². The molecule has 1 aliphatic rings. The van der Waals surface area contributed by atoms with Crippen LogP contribution >= 0.6 is 11.3 Å². The molecule has 0 bridgehead atoms. The maximum Gasteiger partial charge on any atom is 0.264 e. The van der Waals surface area contributed by atoms with E-state index in [-0.39, 0.29) is 11.8 Å². The highest BCUT2D eigenvalue weighted by Gasteiger charge is 2.24. The Morgan fingerprint density at radius 2 is 1.67 bits per heavy atom. The Morgan fingerprint density at radius 1 is 1.00 bits per heavy atom. The van der Waals surface area contributed by atoms with E-state index in [4.69, 9.17) is 4.74 Å². The zero-order valence-corrected chi connectivity index (χ0v) is 16.8. The van der Waals surface area contributed by atoms with Crippen molar-refractivity contribution in [2.24, 2.45) is 0 Å². The first-order valence-corrected chi connectivity index (χ1v) is 10.2. The van der Waals surface area contributed by atoms with Crippen molar-refractivity contribution in [3.05, 3.63) is 51.7 Å². The number of rotatable bonds is 6. The molecule has 0 spiro atoms. The summed E-state index contributed by atoms with van der Waals surface area (Å²) >= 11 is 1.46. The van der Waals surface area contributed by atoms with Crippen molar-refractivity contribution in [2.45, 2.75) is 26.7 Å². The molecule has 5 nitrogen and oxygen atoms in total. The maximum absolute atomic E-state index is 12.4. The molecule has 1 aromatic carbocycles. The second-order valence-electron chi connectivity index (χ2n) is 6.82. The Kier molecular flexibility index (Phi) is 6.50. The zero-order chi connectivity index (χ0) is 19.2. The molecule has 2 heterocycles. The van der Waals surface area contributed by atoms with Gasteiger partial charge in [-0.25, -0.2) is 0 Å². The number of amides is 2. The van der Waals surface area contributed by atoms with E-state index in [2.05, 4.69) is 0 Å². The van der Waals surface area contributed by atoms with Crippen LogP contribution in [-0.4, -0.2) is 54.4 Å². The van der Waals surface area contributed by atoms with E-state index in [0.717, 1.165) is 21.8 Å². The molecule has 1 aliphatic heterocycles. The highest BCUT2D eigenvalue weighted by molar-refractivity contribution is 7.12. The maximum atomic E-state index is 12.4. The molecular formula is C21H26N2O3S. The number of para-hydroxylation sites is 1. The van der Waals surface area contributed by atoms with Gasteiger partial charge in [0, 0.05) is 32.6 Å². The number of piperazine rings is 1. The Labute approximate surface area is 164 Å². The van der Waals surface area contributed by atoms with Gasteiger partial charge in [-0.15, -0.1) is 11.3 Å². The third-order valence-electron chi connectivity index (χ3n) is 4.84. The first-order chi connectivity index (χ1) is 13.1. The Balaban J connectivity index is 1.39. The summed E-state index contributed by atoms with van der Waals surface area (Å²) in [7, 11) is 0. The summed E-state index contributed by atoms with van der Waals surface area (Å²) in [4.78, 5) is 29.2. The highest BCUT2D eigenvalue weighted by atomic mass is 32.1. The average molecular weight is 387 g/mol. The summed E-state index contributed by atoms with van der Waals surface area (Å²) in [6.45, 7) is 7.01. The van der Waals surface area contributed by atoms with Crippen LogP contribution in [0.25, 0.3) is 0 Å². The normalized spacial score (nSPS) is 14.3. The standard InChI is InChI=1S/C21H26N2O3S/c1-16-6-3-7-17(2)20(16)26-14-4-9-19(24)22-10-12-23(13-11-22)21(25)18-8-5-15-27-18/h3,5-8,15H,4,9-14H2,1-2H3. The van der Waals surface area contributed by atoms with E-state index in [0.29, 0.717) is 45.6 Å². The lowest BCUT2D eigenvalue weighted by Gasteiger charge is -2.34. The number of hydrogen-bond acceptors (Lipinski definition) is 4. The summed E-state index contributed by atoms with van der Waals surface area (Å²) in [6.07, 6.45) is 1.17. The Hall–Kier alpha value is -2.34. The second kappa shape index (κ2) is 9.04. The van der Waals surface area contributed by atoms with E-state index in [1.54, 1.807) is 0 Å². The molecule has 1 saturated heterocycles. The van der Waals surface area contributed by atoms with Crippen LogP contribution in [0.4, 0.5) is 0 Å². The molecule has 1 fully saturated rings. The van der Waals surface area contributed by atoms with Gasteiger partial charge >= 0.3 is 0 Å². The summed E-state index contributed by atoms with van der Waals surface area (Å²) in [5.74, 6) is 1.13. The van der Waals surface area contributed by atoms with Gasteiger partial charge in [0.05, 0.1) is 11.5 Å². The molecule has 2 amide bonds. The van der Waals surface area contributed by atoms with Crippen LogP contribution in [0.2, 0.25) is 0 Å². The lowest BCUT2D eigenvalue weighted by Crippen LogP contribution is -2.50. The van der Waals surface area contributed by atoms with Crippen molar-refractivity contribution >= 4 is 23.2 Å². The van der Waals surface area contributed by atoms with E-state index < -0.39 is 0 Å². The monoisotopic (exact) mass is 386 g/mol. The summed E-state index contributed by atoms with van der Waals surface area (Å²) in [6, 6.07) is 9.82. The van der Waals surface area contributed by atoms with Crippen LogP contribution in [0.15, 0.2) is 35.7 Å². The SMILES string of the molecule is Cc1cccc(C)c1OCCCC(=O)N1CCN(C(=O)c2cccs2)CC1. The van der Waals surface area contributed by atoms with E-state index >= 15 is 0 Å². The molecule has 0 aliphatic carbocycles. The van der Waals surface area contributed by atoms with Gasteiger partial charge in [0.15, 0.2) is 0 Å². The number of nitrogens with zero attached hydrogens (tertiary/aromatic N) is 2. The van der Waals surface area contributed by atoms with Crippen LogP contribution in [0, 0.1) is 13.8 Å². The number of hydrogen-bond donors (Lipinski definition) is 0. The number of carbonyl (C=O) groups is 2. The van der Waals surface area contributed by atoms with E-state index in [1.807, 2.05) is 59.4 Å². The smallest absolute Gasteiger partial charge is 0.264 e. The number of benzene rings is 1. The Bertz CT molecular complexity index is 760. The third-order valence-corrected chi connectivity index (χ3v) is 5.70. The topological polar surface area (TPSA) is 49.9 Å². The molecule has 6 heteroatoms. The van der Waals surface area contributed by atoms with Crippen molar-refractivity contribution in [2.75, 3.05) is 32.8 Å². The van der Waals surface area contributed by atoms with Crippen LogP contribution in [0.5, 0.6) is 5.75 Å². The van der Waals surface area contributed by atoms with Gasteiger partial charge in [0.25, 0.3) is 5.91 Å². The number of carbonyl (C=O) groups excluding carboxylic acids is 2. The summed E-state index contributed by atoms with van der Waals surface area (Å²) < 4.78 is 5.87. The van der Waals surface area contributed by atoms with Crippen molar-refractivity contribution in [3.63, 3.8) is 0 Å². The molecule has 144 valence electrons. The predicted molar refractivity (Wildman–Crippen MR) is 107 cm³/mol. The average Bonchev–Trinajstić information content (AvgIpc) is 3.21. The molecule has 27 heavy (non-hydrogen) atoms.